The second-order valence-corrected chi connectivity index (χ2v) is 6.46. The van der Waals surface area contributed by atoms with Gasteiger partial charge in [-0.25, -0.2) is 9.37 Å². The first-order chi connectivity index (χ1) is 13.2. The second kappa shape index (κ2) is 12.5. The topological polar surface area (TPSA) is 71.0 Å². The Hall–Kier alpha value is -1.93. The fourth-order valence-electron chi connectivity index (χ4n) is 2.94. The van der Waals surface area contributed by atoms with Gasteiger partial charge in [0.15, 0.2) is 17.6 Å². The van der Waals surface area contributed by atoms with Gasteiger partial charge < -0.3 is 25.0 Å². The molecule has 0 saturated carbocycles. The first kappa shape index (κ1) is 21.4. The van der Waals surface area contributed by atoms with Gasteiger partial charge in [-0.1, -0.05) is 0 Å². The Morgan fingerprint density at radius 2 is 2.26 bits per heavy atom. The summed E-state index contributed by atoms with van der Waals surface area (Å²) in [6.45, 7) is 7.09. The largest absolute Gasteiger partial charge is 0.382 e. The van der Waals surface area contributed by atoms with Gasteiger partial charge in [0, 0.05) is 52.1 Å². The zero-order valence-corrected chi connectivity index (χ0v) is 16.4. The maximum atomic E-state index is 13.9. The lowest BCUT2D eigenvalue weighted by atomic mass is 10.3. The summed E-state index contributed by atoms with van der Waals surface area (Å²) < 4.78 is 24.3. The number of ether oxygens (including phenoxy) is 2. The molecule has 1 saturated heterocycles. The molecular weight excluding hydrogens is 349 g/mol. The van der Waals surface area contributed by atoms with Crippen LogP contribution >= 0.6 is 0 Å². The van der Waals surface area contributed by atoms with Crippen LogP contribution in [0.1, 0.15) is 26.2 Å². The number of nitrogens with one attached hydrogen (secondary N) is 2. The molecule has 0 amide bonds. The molecule has 1 aliphatic heterocycles. The summed E-state index contributed by atoms with van der Waals surface area (Å²) in [4.78, 5) is 10.8. The predicted octanol–water partition coefficient (Wildman–Crippen LogP) is 1.80. The monoisotopic (exact) mass is 381 g/mol. The number of guanidine groups is 1. The molecule has 2 rings (SSSR count). The summed E-state index contributed by atoms with van der Waals surface area (Å²) in [6.07, 6.45) is 4.50. The van der Waals surface area contributed by atoms with E-state index in [2.05, 4.69) is 20.6 Å². The van der Waals surface area contributed by atoms with E-state index in [1.165, 1.54) is 6.07 Å². The Labute approximate surface area is 161 Å². The molecule has 0 bridgehead atoms. The minimum atomic E-state index is -0.272. The van der Waals surface area contributed by atoms with Crippen LogP contribution in [0.3, 0.4) is 0 Å². The molecule has 27 heavy (non-hydrogen) atoms. The van der Waals surface area contributed by atoms with Crippen molar-refractivity contribution in [2.24, 2.45) is 4.99 Å². The third kappa shape index (κ3) is 7.68. The highest BCUT2D eigenvalue weighted by Gasteiger charge is 2.25. The number of hydrogen-bond acceptors (Lipinski definition) is 5. The van der Waals surface area contributed by atoms with E-state index in [1.807, 2.05) is 11.8 Å². The maximum absolute atomic E-state index is 13.9. The molecule has 1 atom stereocenters. The van der Waals surface area contributed by atoms with Gasteiger partial charge in [-0.15, -0.1) is 0 Å². The molecule has 0 aliphatic carbocycles. The molecule has 8 heteroatoms. The van der Waals surface area contributed by atoms with Crippen LogP contribution in [0.2, 0.25) is 0 Å². The van der Waals surface area contributed by atoms with Gasteiger partial charge in [0.05, 0.1) is 13.2 Å². The molecule has 0 spiro atoms. The lowest BCUT2D eigenvalue weighted by Crippen LogP contribution is -2.44. The van der Waals surface area contributed by atoms with Crippen molar-refractivity contribution < 1.29 is 13.9 Å². The quantitative estimate of drug-likeness (QED) is 0.346. The average Bonchev–Trinajstić information content (AvgIpc) is 3.12. The minimum absolute atomic E-state index is 0.224. The highest BCUT2D eigenvalue weighted by molar-refractivity contribution is 5.80. The summed E-state index contributed by atoms with van der Waals surface area (Å²) in [7, 11) is 1.67. The molecule has 0 aromatic carbocycles. The van der Waals surface area contributed by atoms with Crippen LogP contribution in [-0.4, -0.2) is 70.1 Å². The Bertz CT molecular complexity index is 573. The van der Waals surface area contributed by atoms with E-state index in [1.54, 1.807) is 19.4 Å². The number of nitrogens with zero attached hydrogens (tertiary/aromatic N) is 3. The molecule has 1 aromatic heterocycles. The lowest BCUT2D eigenvalue weighted by molar-refractivity contribution is 0.0690. The molecule has 0 radical (unpaired) electrons. The van der Waals surface area contributed by atoms with Gasteiger partial charge >= 0.3 is 0 Å². The van der Waals surface area contributed by atoms with Crippen molar-refractivity contribution in [1.82, 2.24) is 15.6 Å². The molecule has 1 aromatic rings. The summed E-state index contributed by atoms with van der Waals surface area (Å²) in [6, 6.07) is 3.29. The number of aromatic nitrogens is 1. The smallest absolute Gasteiger partial charge is 0.191 e. The second-order valence-electron chi connectivity index (χ2n) is 6.46. The van der Waals surface area contributed by atoms with Crippen LogP contribution in [0.15, 0.2) is 23.3 Å². The van der Waals surface area contributed by atoms with Gasteiger partial charge in [0.1, 0.15) is 0 Å². The van der Waals surface area contributed by atoms with Gasteiger partial charge in [0.25, 0.3) is 0 Å². The molecule has 1 fully saturated rings. The van der Waals surface area contributed by atoms with E-state index in [9.17, 15) is 4.39 Å². The van der Waals surface area contributed by atoms with E-state index in [0.717, 1.165) is 51.5 Å². The number of pyridine rings is 1. The Kier molecular flexibility index (Phi) is 9.86. The standard InChI is InChI=1S/C19H32FN5O2/c1-3-21-19(23-9-4-5-12-27-14-13-26-2)24-16-8-11-25(15-16)18-17(20)7-6-10-22-18/h6-7,10,16H,3-5,8-9,11-15H2,1-2H3,(H2,21,23,24). The van der Waals surface area contributed by atoms with E-state index in [0.29, 0.717) is 25.6 Å². The van der Waals surface area contributed by atoms with Crippen molar-refractivity contribution in [2.75, 3.05) is 58.0 Å². The Morgan fingerprint density at radius 1 is 1.37 bits per heavy atom. The van der Waals surface area contributed by atoms with Crippen molar-refractivity contribution in [3.05, 3.63) is 24.1 Å². The fourth-order valence-corrected chi connectivity index (χ4v) is 2.94. The van der Waals surface area contributed by atoms with E-state index in [-0.39, 0.29) is 11.9 Å². The summed E-state index contributed by atoms with van der Waals surface area (Å²) in [5, 5.41) is 6.73. The van der Waals surface area contributed by atoms with Crippen LogP contribution in [0, 0.1) is 5.82 Å². The molecule has 152 valence electrons. The lowest BCUT2D eigenvalue weighted by Gasteiger charge is -2.19. The molecular formula is C19H32FN5O2. The van der Waals surface area contributed by atoms with Gasteiger partial charge in [-0.3, -0.25) is 4.99 Å². The number of unbranched alkanes of at least 4 members (excludes halogenated alkanes) is 1. The number of anilines is 1. The third-order valence-corrected chi connectivity index (χ3v) is 4.31. The van der Waals surface area contributed by atoms with Crippen LogP contribution in [0.5, 0.6) is 0 Å². The highest BCUT2D eigenvalue weighted by atomic mass is 19.1. The van der Waals surface area contributed by atoms with Crippen molar-refractivity contribution >= 4 is 11.8 Å². The van der Waals surface area contributed by atoms with Crippen LogP contribution in [0.4, 0.5) is 10.2 Å². The van der Waals surface area contributed by atoms with E-state index >= 15 is 0 Å². The summed E-state index contributed by atoms with van der Waals surface area (Å²) in [5.74, 6) is 0.967. The van der Waals surface area contributed by atoms with Crippen molar-refractivity contribution in [2.45, 2.75) is 32.2 Å². The van der Waals surface area contributed by atoms with Gasteiger partial charge in [-0.05, 0) is 38.3 Å². The first-order valence-corrected chi connectivity index (χ1v) is 9.71. The Morgan fingerprint density at radius 3 is 3.04 bits per heavy atom. The van der Waals surface area contributed by atoms with Crippen molar-refractivity contribution in [3.8, 4) is 0 Å². The molecule has 2 N–H and O–H groups in total. The van der Waals surface area contributed by atoms with Gasteiger partial charge in [-0.2, -0.15) is 0 Å². The van der Waals surface area contributed by atoms with Crippen molar-refractivity contribution in [1.29, 1.82) is 0 Å². The predicted molar refractivity (Wildman–Crippen MR) is 106 cm³/mol. The molecule has 1 aliphatic rings. The maximum Gasteiger partial charge on any atom is 0.191 e. The van der Waals surface area contributed by atoms with Crippen LogP contribution < -0.4 is 15.5 Å². The number of rotatable bonds is 11. The first-order valence-electron chi connectivity index (χ1n) is 9.71. The van der Waals surface area contributed by atoms with E-state index < -0.39 is 0 Å². The van der Waals surface area contributed by atoms with Crippen LogP contribution in [0.25, 0.3) is 0 Å². The Balaban J connectivity index is 1.73. The summed E-state index contributed by atoms with van der Waals surface area (Å²) in [5.41, 5.74) is 0. The van der Waals surface area contributed by atoms with E-state index in [4.69, 9.17) is 9.47 Å². The normalized spacial score (nSPS) is 17.4. The number of hydrogen-bond donors (Lipinski definition) is 2. The zero-order chi connectivity index (χ0) is 19.3. The highest BCUT2D eigenvalue weighted by Crippen LogP contribution is 2.20. The molecule has 1 unspecified atom stereocenters. The molecule has 2 heterocycles. The molecule has 7 nitrogen and oxygen atoms in total. The third-order valence-electron chi connectivity index (χ3n) is 4.31. The van der Waals surface area contributed by atoms with Crippen LogP contribution in [-0.2, 0) is 9.47 Å². The zero-order valence-electron chi connectivity index (χ0n) is 16.4. The number of halogens is 1. The fraction of sp³-hybridized carbons (Fsp3) is 0.684. The number of methoxy groups -OCH3 is 1. The van der Waals surface area contributed by atoms with Gasteiger partial charge in [0.2, 0.25) is 0 Å². The minimum Gasteiger partial charge on any atom is -0.382 e. The average molecular weight is 381 g/mol. The van der Waals surface area contributed by atoms with Crippen molar-refractivity contribution in [3.63, 3.8) is 0 Å². The summed E-state index contributed by atoms with van der Waals surface area (Å²) >= 11 is 0. The SMILES string of the molecule is CCNC(=NCCCCOCCOC)NC1CCN(c2ncccc2F)C1. The number of aliphatic imine (C=N–C) groups is 1.